The minimum atomic E-state index is -0.0306. The lowest BCUT2D eigenvalue weighted by molar-refractivity contribution is 0.114. The molecule has 0 aliphatic heterocycles. The summed E-state index contributed by atoms with van der Waals surface area (Å²) in [6.07, 6.45) is 11.5. The third kappa shape index (κ3) is 6.42. The molecule has 0 saturated heterocycles. The van der Waals surface area contributed by atoms with E-state index in [1.165, 1.54) is 44.9 Å². The number of benzene rings is 2. The number of ether oxygens (including phenoxy) is 1. The molecule has 2 aromatic carbocycles. The summed E-state index contributed by atoms with van der Waals surface area (Å²) in [6.45, 7) is 10.8. The van der Waals surface area contributed by atoms with Gasteiger partial charge in [0.15, 0.2) is 0 Å². The maximum absolute atomic E-state index is 13.7. The molecule has 0 atom stereocenters. The summed E-state index contributed by atoms with van der Waals surface area (Å²) in [5.41, 5.74) is 5.68. The molecule has 2 amide bonds. The Morgan fingerprint density at radius 2 is 1.51 bits per heavy atom. The van der Waals surface area contributed by atoms with Gasteiger partial charge in [-0.05, 0) is 106 Å². The minimum absolute atomic E-state index is 0.0306. The highest BCUT2D eigenvalue weighted by molar-refractivity contribution is 5.91. The quantitative estimate of drug-likeness (QED) is 0.400. The number of nitrogens with one attached hydrogen (secondary N) is 1. The Bertz CT molecular complexity index is 1060. The Hall–Kier alpha value is -2.69. The van der Waals surface area contributed by atoms with Crippen LogP contribution in [0.4, 0.5) is 10.5 Å². The molecule has 2 aliphatic carbocycles. The SMILES string of the molecule is Cc1cc(OCCN(C(=O)Nc2c(C)cccc2C)C2CCC(C3CCCCC3)CC2)c(C)c(C)c1O. The van der Waals surface area contributed by atoms with Gasteiger partial charge in [0.2, 0.25) is 0 Å². The number of aromatic hydroxyl groups is 1. The van der Waals surface area contributed by atoms with Crippen LogP contribution in [0.3, 0.4) is 0 Å². The molecule has 5 heteroatoms. The van der Waals surface area contributed by atoms with E-state index in [9.17, 15) is 9.90 Å². The molecule has 4 rings (SSSR count). The Morgan fingerprint density at radius 3 is 2.16 bits per heavy atom. The Balaban J connectivity index is 1.46. The topological polar surface area (TPSA) is 61.8 Å². The number of urea groups is 1. The van der Waals surface area contributed by atoms with Crippen LogP contribution in [-0.2, 0) is 0 Å². The van der Waals surface area contributed by atoms with Gasteiger partial charge in [0.25, 0.3) is 0 Å². The molecule has 2 aliphatic rings. The van der Waals surface area contributed by atoms with Crippen molar-refractivity contribution < 1.29 is 14.6 Å². The van der Waals surface area contributed by atoms with E-state index in [0.29, 0.717) is 18.9 Å². The van der Waals surface area contributed by atoms with Crippen LogP contribution < -0.4 is 10.1 Å². The van der Waals surface area contributed by atoms with Gasteiger partial charge in [-0.2, -0.15) is 0 Å². The number of anilines is 1. The summed E-state index contributed by atoms with van der Waals surface area (Å²) >= 11 is 0. The van der Waals surface area contributed by atoms with Crippen molar-refractivity contribution in [3.8, 4) is 11.5 Å². The first-order valence-corrected chi connectivity index (χ1v) is 14.3. The highest BCUT2D eigenvalue weighted by Crippen LogP contribution is 2.39. The number of carbonyl (C=O) groups is 1. The molecule has 2 fully saturated rings. The summed E-state index contributed by atoms with van der Waals surface area (Å²) in [6, 6.07) is 8.22. The Morgan fingerprint density at radius 1 is 0.892 bits per heavy atom. The molecule has 2 N–H and O–H groups in total. The smallest absolute Gasteiger partial charge is 0.322 e. The van der Waals surface area contributed by atoms with E-state index in [-0.39, 0.29) is 12.1 Å². The molecule has 0 spiro atoms. The van der Waals surface area contributed by atoms with Gasteiger partial charge in [-0.25, -0.2) is 4.79 Å². The van der Waals surface area contributed by atoms with Gasteiger partial charge < -0.3 is 20.1 Å². The van der Waals surface area contributed by atoms with Gasteiger partial charge in [0, 0.05) is 11.7 Å². The standard InChI is InChI=1S/C32H46N2O3/c1-21-10-9-11-22(2)30(21)33-32(36)34(18-19-37-29-20-23(3)31(35)25(5)24(29)4)28-16-14-27(15-17-28)26-12-7-6-8-13-26/h9-11,20,26-28,35H,6-8,12-19H2,1-5H3,(H,33,36). The molecule has 2 saturated carbocycles. The zero-order valence-electron chi connectivity index (χ0n) is 23.5. The number of phenols is 1. The number of nitrogens with zero attached hydrogens (tertiary/aromatic N) is 1. The molecule has 0 heterocycles. The molecule has 5 nitrogen and oxygen atoms in total. The van der Waals surface area contributed by atoms with E-state index < -0.39 is 0 Å². The lowest BCUT2D eigenvalue weighted by atomic mass is 9.72. The van der Waals surface area contributed by atoms with Gasteiger partial charge in [-0.15, -0.1) is 0 Å². The van der Waals surface area contributed by atoms with E-state index in [1.54, 1.807) is 0 Å². The third-order valence-corrected chi connectivity index (χ3v) is 9.07. The van der Waals surface area contributed by atoms with Crippen LogP contribution in [-0.4, -0.2) is 35.2 Å². The van der Waals surface area contributed by atoms with E-state index in [2.05, 4.69) is 5.32 Å². The van der Waals surface area contributed by atoms with Gasteiger partial charge in [0.1, 0.15) is 18.1 Å². The minimum Gasteiger partial charge on any atom is -0.507 e. The van der Waals surface area contributed by atoms with Crippen LogP contribution >= 0.6 is 0 Å². The number of para-hydroxylation sites is 1. The number of aryl methyl sites for hydroxylation is 3. The second-order valence-corrected chi connectivity index (χ2v) is 11.5. The second kappa shape index (κ2) is 12.2. The van der Waals surface area contributed by atoms with Gasteiger partial charge >= 0.3 is 6.03 Å². The summed E-state index contributed by atoms with van der Waals surface area (Å²) in [7, 11) is 0. The molecule has 0 aromatic heterocycles. The normalized spacial score (nSPS) is 20.5. The third-order valence-electron chi connectivity index (χ3n) is 9.07. The molecule has 202 valence electrons. The van der Waals surface area contributed by atoms with E-state index in [0.717, 1.165) is 63.9 Å². The number of hydrogen-bond acceptors (Lipinski definition) is 3. The predicted molar refractivity (Wildman–Crippen MR) is 152 cm³/mol. The lowest BCUT2D eigenvalue weighted by Crippen LogP contribution is -2.47. The summed E-state index contributed by atoms with van der Waals surface area (Å²) in [5, 5.41) is 13.5. The van der Waals surface area contributed by atoms with Gasteiger partial charge in [-0.3, -0.25) is 0 Å². The highest BCUT2D eigenvalue weighted by atomic mass is 16.5. The van der Waals surface area contributed by atoms with Gasteiger partial charge in [0.05, 0.1) is 6.54 Å². The Kier molecular flexibility index (Phi) is 9.04. The fourth-order valence-electron chi connectivity index (χ4n) is 6.57. The van der Waals surface area contributed by atoms with Crippen molar-refractivity contribution in [2.75, 3.05) is 18.5 Å². The molecule has 0 unspecified atom stereocenters. The highest BCUT2D eigenvalue weighted by Gasteiger charge is 2.33. The van der Waals surface area contributed by atoms with Crippen LogP contribution in [0.2, 0.25) is 0 Å². The van der Waals surface area contributed by atoms with Crippen molar-refractivity contribution in [3.05, 3.63) is 52.1 Å². The number of rotatable bonds is 7. The summed E-state index contributed by atoms with van der Waals surface area (Å²) in [5.74, 6) is 2.82. The number of phenolic OH excluding ortho intramolecular Hbond substituents is 1. The number of hydrogen-bond donors (Lipinski definition) is 2. The first-order valence-electron chi connectivity index (χ1n) is 14.3. The largest absolute Gasteiger partial charge is 0.507 e. The summed E-state index contributed by atoms with van der Waals surface area (Å²) < 4.78 is 6.21. The summed E-state index contributed by atoms with van der Waals surface area (Å²) in [4.78, 5) is 15.7. The van der Waals surface area contributed by atoms with Crippen molar-refractivity contribution in [3.63, 3.8) is 0 Å². The fourth-order valence-corrected chi connectivity index (χ4v) is 6.57. The zero-order valence-corrected chi connectivity index (χ0v) is 23.5. The Labute approximate surface area is 223 Å². The monoisotopic (exact) mass is 506 g/mol. The van der Waals surface area contributed by atoms with Crippen LogP contribution in [0, 0.1) is 46.5 Å². The zero-order chi connectivity index (χ0) is 26.5. The number of amides is 2. The van der Waals surface area contributed by atoms with Crippen molar-refractivity contribution in [2.45, 2.75) is 98.4 Å². The molecule has 37 heavy (non-hydrogen) atoms. The molecule has 2 aromatic rings. The maximum atomic E-state index is 13.7. The second-order valence-electron chi connectivity index (χ2n) is 11.5. The van der Waals surface area contributed by atoms with Crippen LogP contribution in [0.25, 0.3) is 0 Å². The lowest BCUT2D eigenvalue weighted by Gasteiger charge is -2.40. The number of carbonyl (C=O) groups excluding carboxylic acids is 1. The first kappa shape index (κ1) is 27.3. The fraction of sp³-hybridized carbons (Fsp3) is 0.594. The van der Waals surface area contributed by atoms with Crippen molar-refractivity contribution >= 4 is 11.7 Å². The van der Waals surface area contributed by atoms with Crippen molar-refractivity contribution in [1.29, 1.82) is 0 Å². The van der Waals surface area contributed by atoms with E-state index >= 15 is 0 Å². The molecular formula is C32H46N2O3. The van der Waals surface area contributed by atoms with E-state index in [1.807, 2.05) is 63.8 Å². The van der Waals surface area contributed by atoms with E-state index in [4.69, 9.17) is 4.74 Å². The van der Waals surface area contributed by atoms with Crippen LogP contribution in [0.5, 0.6) is 11.5 Å². The average Bonchev–Trinajstić information content (AvgIpc) is 2.91. The first-order chi connectivity index (χ1) is 17.8. The van der Waals surface area contributed by atoms with Crippen LogP contribution in [0.15, 0.2) is 24.3 Å². The average molecular weight is 507 g/mol. The van der Waals surface area contributed by atoms with Crippen molar-refractivity contribution in [1.82, 2.24) is 4.90 Å². The maximum Gasteiger partial charge on any atom is 0.322 e. The molecule has 0 bridgehead atoms. The predicted octanol–water partition coefficient (Wildman–Crippen LogP) is 7.99. The van der Waals surface area contributed by atoms with Gasteiger partial charge in [-0.1, -0.05) is 50.3 Å². The molecule has 0 radical (unpaired) electrons. The van der Waals surface area contributed by atoms with Crippen LogP contribution in [0.1, 0.15) is 85.6 Å². The molecular weight excluding hydrogens is 460 g/mol. The van der Waals surface area contributed by atoms with Crippen molar-refractivity contribution in [2.24, 2.45) is 11.8 Å².